The van der Waals surface area contributed by atoms with Gasteiger partial charge in [0.2, 0.25) is 0 Å². The van der Waals surface area contributed by atoms with Crippen molar-refractivity contribution in [2.24, 2.45) is 5.10 Å². The van der Waals surface area contributed by atoms with Crippen LogP contribution in [0.15, 0.2) is 71.8 Å². The summed E-state index contributed by atoms with van der Waals surface area (Å²) >= 11 is 0. The van der Waals surface area contributed by atoms with E-state index in [2.05, 4.69) is 15.8 Å². The molecule has 2 N–H and O–H groups in total. The minimum absolute atomic E-state index is 0.129. The van der Waals surface area contributed by atoms with Crippen LogP contribution >= 0.6 is 0 Å². The molecule has 10 heteroatoms. The molecule has 3 rings (SSSR count). The predicted octanol–water partition coefficient (Wildman–Crippen LogP) is 3.91. The third-order valence-electron chi connectivity index (χ3n) is 4.81. The molecule has 0 aliphatic heterocycles. The molecular formula is C25H22N4O6. The van der Waals surface area contributed by atoms with E-state index in [1.54, 1.807) is 31.2 Å². The van der Waals surface area contributed by atoms with Crippen LogP contribution in [0.4, 0.5) is 11.4 Å². The van der Waals surface area contributed by atoms with Gasteiger partial charge in [0, 0.05) is 17.8 Å². The van der Waals surface area contributed by atoms with Gasteiger partial charge in [-0.1, -0.05) is 6.07 Å². The van der Waals surface area contributed by atoms with Crippen molar-refractivity contribution in [3.8, 4) is 5.75 Å². The van der Waals surface area contributed by atoms with Gasteiger partial charge in [0.1, 0.15) is 5.75 Å². The molecule has 10 nitrogen and oxygen atoms in total. The fourth-order valence-corrected chi connectivity index (χ4v) is 3.13. The number of nitrogens with one attached hydrogen (secondary N) is 2. The number of hydrogen-bond acceptors (Lipinski definition) is 7. The van der Waals surface area contributed by atoms with Crippen molar-refractivity contribution in [3.63, 3.8) is 0 Å². The first kappa shape index (κ1) is 24.8. The maximum absolute atomic E-state index is 12.2. The highest BCUT2D eigenvalue weighted by molar-refractivity contribution is 6.39. The number of nitro groups is 1. The van der Waals surface area contributed by atoms with E-state index in [-0.39, 0.29) is 17.0 Å². The number of benzene rings is 3. The first-order chi connectivity index (χ1) is 16.6. The number of aryl methyl sites for hydroxylation is 2. The average Bonchev–Trinajstić information content (AvgIpc) is 2.82. The lowest BCUT2D eigenvalue weighted by molar-refractivity contribution is -0.384. The van der Waals surface area contributed by atoms with Crippen LogP contribution in [0.1, 0.15) is 34.0 Å². The highest BCUT2D eigenvalue weighted by Crippen LogP contribution is 2.17. The number of esters is 1. The largest absolute Gasteiger partial charge is 0.423 e. The molecular weight excluding hydrogens is 452 g/mol. The molecule has 0 spiro atoms. The smallest absolute Gasteiger partial charge is 0.343 e. The van der Waals surface area contributed by atoms with Gasteiger partial charge in [-0.2, -0.15) is 5.10 Å². The number of nitrogens with zero attached hydrogens (tertiary/aromatic N) is 2. The summed E-state index contributed by atoms with van der Waals surface area (Å²) in [6, 6.07) is 16.8. The van der Waals surface area contributed by atoms with Crippen LogP contribution in [-0.4, -0.2) is 28.4 Å². The Balaban J connectivity index is 1.57. The number of nitro benzene ring substituents is 1. The fraction of sp³-hybridized carbons (Fsp3) is 0.120. The average molecular weight is 474 g/mol. The molecule has 0 aliphatic carbocycles. The van der Waals surface area contributed by atoms with Gasteiger partial charge in [0.15, 0.2) is 0 Å². The number of ether oxygens (including phenoxy) is 1. The number of hydrogen-bond donors (Lipinski definition) is 2. The second kappa shape index (κ2) is 10.8. The Bertz CT molecular complexity index is 1290. The molecule has 0 unspecified atom stereocenters. The number of amides is 2. The van der Waals surface area contributed by atoms with E-state index in [9.17, 15) is 24.5 Å². The van der Waals surface area contributed by atoms with Crippen molar-refractivity contribution in [2.45, 2.75) is 20.8 Å². The standard InChI is InChI=1S/C25H22N4O6/c1-15-12-16(2)14-20(13-15)26-23(30)24(31)28-27-17(3)18-6-10-22(11-7-18)35-25(32)19-4-8-21(9-5-19)29(33)34/h4-14H,1-3H3,(H,26,30)(H,28,31)/b27-17+. The van der Waals surface area contributed by atoms with E-state index < -0.39 is 22.7 Å². The third kappa shape index (κ3) is 6.81. The summed E-state index contributed by atoms with van der Waals surface area (Å²) in [6.07, 6.45) is 0. The molecule has 0 aromatic heterocycles. The van der Waals surface area contributed by atoms with E-state index in [0.29, 0.717) is 17.0 Å². The Morgan fingerprint density at radius 3 is 2.00 bits per heavy atom. The van der Waals surface area contributed by atoms with Crippen molar-refractivity contribution in [2.75, 3.05) is 5.32 Å². The summed E-state index contributed by atoms with van der Waals surface area (Å²) in [7, 11) is 0. The zero-order valence-electron chi connectivity index (χ0n) is 19.2. The number of non-ortho nitro benzene ring substituents is 1. The molecule has 0 saturated carbocycles. The van der Waals surface area contributed by atoms with E-state index >= 15 is 0 Å². The van der Waals surface area contributed by atoms with Gasteiger partial charge in [0.05, 0.1) is 16.2 Å². The molecule has 0 fully saturated rings. The normalized spacial score (nSPS) is 10.9. The van der Waals surface area contributed by atoms with Crippen LogP contribution in [0, 0.1) is 24.0 Å². The SMILES string of the molecule is C/C(=N\NC(=O)C(=O)Nc1cc(C)cc(C)c1)c1ccc(OC(=O)c2ccc([N+](=O)[O-])cc2)cc1. The Hall–Kier alpha value is -4.86. The first-order valence-electron chi connectivity index (χ1n) is 10.4. The summed E-state index contributed by atoms with van der Waals surface area (Å²) in [5, 5.41) is 17.2. The third-order valence-corrected chi connectivity index (χ3v) is 4.81. The second-order valence-electron chi connectivity index (χ2n) is 7.69. The van der Waals surface area contributed by atoms with Crippen molar-refractivity contribution < 1.29 is 24.0 Å². The second-order valence-corrected chi connectivity index (χ2v) is 7.69. The number of hydrazone groups is 1. The number of anilines is 1. The Morgan fingerprint density at radius 2 is 1.43 bits per heavy atom. The molecule has 0 saturated heterocycles. The molecule has 2 amide bonds. The molecule has 0 bridgehead atoms. The quantitative estimate of drug-likeness (QED) is 0.139. The monoisotopic (exact) mass is 474 g/mol. The van der Waals surface area contributed by atoms with Crippen molar-refractivity contribution in [3.05, 3.63) is 99.1 Å². The summed E-state index contributed by atoms with van der Waals surface area (Å²) in [4.78, 5) is 46.6. The lowest BCUT2D eigenvalue weighted by Gasteiger charge is -2.08. The lowest BCUT2D eigenvalue weighted by Crippen LogP contribution is -2.33. The maximum atomic E-state index is 12.2. The first-order valence-corrected chi connectivity index (χ1v) is 10.4. The van der Waals surface area contributed by atoms with Gasteiger partial charge in [-0.15, -0.1) is 0 Å². The molecule has 35 heavy (non-hydrogen) atoms. The van der Waals surface area contributed by atoms with Crippen LogP contribution in [0.5, 0.6) is 5.75 Å². The van der Waals surface area contributed by atoms with Gasteiger partial charge in [-0.3, -0.25) is 19.7 Å². The van der Waals surface area contributed by atoms with Gasteiger partial charge in [-0.25, -0.2) is 10.2 Å². The van der Waals surface area contributed by atoms with Gasteiger partial charge >= 0.3 is 17.8 Å². The van der Waals surface area contributed by atoms with Crippen LogP contribution < -0.4 is 15.5 Å². The van der Waals surface area contributed by atoms with E-state index in [4.69, 9.17) is 4.74 Å². The van der Waals surface area contributed by atoms with E-state index in [0.717, 1.165) is 11.1 Å². The molecule has 178 valence electrons. The summed E-state index contributed by atoms with van der Waals surface area (Å²) in [5.41, 5.74) is 5.72. The highest BCUT2D eigenvalue weighted by atomic mass is 16.6. The molecule has 0 radical (unpaired) electrons. The number of rotatable bonds is 6. The zero-order valence-corrected chi connectivity index (χ0v) is 19.2. The van der Waals surface area contributed by atoms with Crippen LogP contribution in [0.2, 0.25) is 0 Å². The predicted molar refractivity (Wildman–Crippen MR) is 129 cm³/mol. The van der Waals surface area contributed by atoms with Crippen molar-refractivity contribution in [1.82, 2.24) is 5.43 Å². The summed E-state index contributed by atoms with van der Waals surface area (Å²) in [6.45, 7) is 5.41. The summed E-state index contributed by atoms with van der Waals surface area (Å²) in [5.74, 6) is -2.18. The minimum atomic E-state index is -0.919. The molecule has 0 atom stereocenters. The lowest BCUT2D eigenvalue weighted by atomic mass is 10.1. The number of carbonyl (C=O) groups excluding carboxylic acids is 3. The molecule has 0 heterocycles. The Kier molecular flexibility index (Phi) is 7.67. The zero-order chi connectivity index (χ0) is 25.5. The molecule has 3 aromatic carbocycles. The summed E-state index contributed by atoms with van der Waals surface area (Å²) < 4.78 is 5.27. The minimum Gasteiger partial charge on any atom is -0.423 e. The van der Waals surface area contributed by atoms with Crippen LogP contribution in [0.3, 0.4) is 0 Å². The van der Waals surface area contributed by atoms with E-state index in [1.165, 1.54) is 36.4 Å². The molecule has 3 aromatic rings. The van der Waals surface area contributed by atoms with Gasteiger partial charge in [0.25, 0.3) is 5.69 Å². The number of carbonyl (C=O) groups is 3. The molecule has 0 aliphatic rings. The van der Waals surface area contributed by atoms with Crippen molar-refractivity contribution in [1.29, 1.82) is 0 Å². The van der Waals surface area contributed by atoms with Crippen LogP contribution in [0.25, 0.3) is 0 Å². The fourth-order valence-electron chi connectivity index (χ4n) is 3.13. The maximum Gasteiger partial charge on any atom is 0.343 e. The Labute approximate surface area is 200 Å². The van der Waals surface area contributed by atoms with Gasteiger partial charge in [-0.05, 0) is 86.0 Å². The topological polar surface area (TPSA) is 140 Å². The Morgan fingerprint density at radius 1 is 0.857 bits per heavy atom. The van der Waals surface area contributed by atoms with Gasteiger partial charge < -0.3 is 10.1 Å². The highest BCUT2D eigenvalue weighted by Gasteiger charge is 2.14. The van der Waals surface area contributed by atoms with Crippen molar-refractivity contribution >= 4 is 34.9 Å². The van der Waals surface area contributed by atoms with Crippen LogP contribution in [-0.2, 0) is 9.59 Å². The van der Waals surface area contributed by atoms with E-state index in [1.807, 2.05) is 19.9 Å².